The Hall–Kier alpha value is -2.02. The molecule has 8 heteroatoms. The lowest BCUT2D eigenvalue weighted by atomic mass is 9.43. The van der Waals surface area contributed by atoms with Gasteiger partial charge in [-0.3, -0.25) is 4.79 Å². The van der Waals surface area contributed by atoms with E-state index in [0.717, 1.165) is 0 Å². The molecule has 128 valence electrons. The second kappa shape index (κ2) is 4.99. The van der Waals surface area contributed by atoms with Gasteiger partial charge in [0.05, 0.1) is 10.6 Å². The van der Waals surface area contributed by atoms with Gasteiger partial charge in [-0.05, 0) is 31.4 Å². The van der Waals surface area contributed by atoms with E-state index in [1.54, 1.807) is 4.90 Å². The minimum Gasteiger partial charge on any atom is -0.480 e. The highest BCUT2D eigenvalue weighted by molar-refractivity contribution is 6.30. The number of ether oxygens (including phenoxy) is 1. The molecule has 2 bridgehead atoms. The summed E-state index contributed by atoms with van der Waals surface area (Å²) in [5.41, 5.74) is -0.590. The van der Waals surface area contributed by atoms with Crippen molar-refractivity contribution in [2.75, 3.05) is 6.54 Å². The number of likely N-dealkylation sites (tertiary alicyclic amines) is 1. The van der Waals surface area contributed by atoms with Crippen LogP contribution in [0.5, 0.6) is 5.75 Å². The monoisotopic (exact) mass is 354 g/mol. The number of hydrogen-bond donors (Lipinski definition) is 2. The molecule has 1 heterocycles. The lowest BCUT2D eigenvalue weighted by Gasteiger charge is -2.72. The topological polar surface area (TPSA) is 78.9 Å². The molecule has 0 radical (unpaired) electrons. The largest absolute Gasteiger partial charge is 0.480 e. The average molecular weight is 355 g/mol. The number of rotatable bonds is 4. The van der Waals surface area contributed by atoms with E-state index >= 15 is 0 Å². The second-order valence-electron chi connectivity index (χ2n) is 6.93. The Morgan fingerprint density at radius 2 is 2.12 bits per heavy atom. The normalized spacial score (nSPS) is 33.7. The van der Waals surface area contributed by atoms with Gasteiger partial charge in [0.25, 0.3) is 5.91 Å². The van der Waals surface area contributed by atoms with Crippen LogP contribution >= 0.6 is 11.6 Å². The molecule has 0 aromatic heterocycles. The van der Waals surface area contributed by atoms with Crippen molar-refractivity contribution in [2.45, 2.75) is 42.9 Å². The van der Waals surface area contributed by atoms with Crippen LogP contribution in [0.2, 0.25) is 5.02 Å². The van der Waals surface area contributed by atoms with Crippen molar-refractivity contribution in [2.24, 2.45) is 0 Å². The first-order chi connectivity index (χ1) is 11.3. The maximum Gasteiger partial charge on any atom is 0.405 e. The van der Waals surface area contributed by atoms with Crippen LogP contribution in [0.15, 0.2) is 18.2 Å². The third-order valence-corrected chi connectivity index (χ3v) is 5.58. The lowest BCUT2D eigenvalue weighted by molar-refractivity contribution is -0.183. The summed E-state index contributed by atoms with van der Waals surface area (Å²) in [6.07, 6.45) is 0.829. The van der Waals surface area contributed by atoms with Gasteiger partial charge < -0.3 is 20.1 Å². The molecule has 4 aliphatic rings. The Labute approximate surface area is 142 Å². The van der Waals surface area contributed by atoms with Gasteiger partial charge in [0.1, 0.15) is 11.6 Å². The Morgan fingerprint density at radius 3 is 2.75 bits per heavy atom. The van der Waals surface area contributed by atoms with Crippen LogP contribution in [0, 0.1) is 5.82 Å². The van der Waals surface area contributed by atoms with E-state index in [9.17, 15) is 14.0 Å². The SMILES string of the molecule is O=C(O)NC12CC(N3CCC(Oc4ccc(Cl)c(F)c4)C3=O)(C1)C2. The molecule has 1 aliphatic heterocycles. The molecule has 2 N–H and O–H groups in total. The summed E-state index contributed by atoms with van der Waals surface area (Å²) in [4.78, 5) is 25.2. The maximum absolute atomic E-state index is 13.5. The number of carbonyl (C=O) groups is 2. The summed E-state index contributed by atoms with van der Waals surface area (Å²) >= 11 is 5.64. The van der Waals surface area contributed by atoms with Crippen LogP contribution in [-0.4, -0.2) is 45.7 Å². The number of carbonyl (C=O) groups excluding carboxylic acids is 1. The average Bonchev–Trinajstić information content (AvgIpc) is 2.78. The first-order valence-electron chi connectivity index (χ1n) is 7.77. The van der Waals surface area contributed by atoms with Crippen molar-refractivity contribution >= 4 is 23.6 Å². The van der Waals surface area contributed by atoms with Crippen LogP contribution in [-0.2, 0) is 4.79 Å². The molecule has 5 rings (SSSR count). The highest BCUT2D eigenvalue weighted by atomic mass is 35.5. The predicted octanol–water partition coefficient (Wildman–Crippen LogP) is 2.40. The van der Waals surface area contributed by atoms with Gasteiger partial charge in [0.15, 0.2) is 6.10 Å². The number of nitrogens with zero attached hydrogens (tertiary/aromatic N) is 1. The minimum atomic E-state index is -1.03. The number of amides is 2. The highest BCUT2D eigenvalue weighted by Gasteiger charge is 2.72. The molecule has 1 unspecified atom stereocenters. The Morgan fingerprint density at radius 1 is 1.42 bits per heavy atom. The summed E-state index contributed by atoms with van der Waals surface area (Å²) in [6, 6.07) is 4.10. The number of nitrogens with one attached hydrogen (secondary N) is 1. The van der Waals surface area contributed by atoms with Crippen molar-refractivity contribution in [3.8, 4) is 5.75 Å². The molecule has 6 nitrogen and oxygen atoms in total. The summed E-state index contributed by atoms with van der Waals surface area (Å²) in [7, 11) is 0. The van der Waals surface area contributed by atoms with Crippen molar-refractivity contribution in [1.29, 1.82) is 0 Å². The molecule has 2 amide bonds. The molecule has 0 spiro atoms. The third-order valence-electron chi connectivity index (χ3n) is 5.27. The van der Waals surface area contributed by atoms with Gasteiger partial charge in [-0.1, -0.05) is 11.6 Å². The first kappa shape index (κ1) is 15.5. The van der Waals surface area contributed by atoms with Crippen molar-refractivity contribution < 1.29 is 23.8 Å². The minimum absolute atomic E-state index is 0.00632. The van der Waals surface area contributed by atoms with E-state index < -0.39 is 18.0 Å². The van der Waals surface area contributed by atoms with E-state index in [1.165, 1.54) is 18.2 Å². The van der Waals surface area contributed by atoms with Crippen molar-refractivity contribution in [3.05, 3.63) is 29.0 Å². The van der Waals surface area contributed by atoms with Crippen LogP contribution in [0.1, 0.15) is 25.7 Å². The van der Waals surface area contributed by atoms with Crippen LogP contribution in [0.25, 0.3) is 0 Å². The van der Waals surface area contributed by atoms with Crippen molar-refractivity contribution in [3.63, 3.8) is 0 Å². The van der Waals surface area contributed by atoms with Gasteiger partial charge in [0.2, 0.25) is 0 Å². The summed E-state index contributed by atoms with van der Waals surface area (Å²) < 4.78 is 19.1. The zero-order chi connectivity index (χ0) is 17.1. The van der Waals surface area contributed by atoms with E-state index in [-0.39, 0.29) is 27.8 Å². The number of hydrogen-bond acceptors (Lipinski definition) is 3. The molecule has 1 saturated heterocycles. The highest BCUT2D eigenvalue weighted by Crippen LogP contribution is 2.64. The van der Waals surface area contributed by atoms with E-state index in [2.05, 4.69) is 5.32 Å². The number of halogens is 2. The maximum atomic E-state index is 13.5. The number of benzene rings is 1. The van der Waals surface area contributed by atoms with Crippen molar-refractivity contribution in [1.82, 2.24) is 10.2 Å². The van der Waals surface area contributed by atoms with E-state index in [1.807, 2.05) is 0 Å². The molecule has 24 heavy (non-hydrogen) atoms. The second-order valence-corrected chi connectivity index (χ2v) is 7.33. The van der Waals surface area contributed by atoms with E-state index in [0.29, 0.717) is 32.2 Å². The molecule has 3 saturated carbocycles. The number of carboxylic acid groups (broad SMARTS) is 1. The third kappa shape index (κ3) is 2.22. The molecule has 1 aromatic carbocycles. The fourth-order valence-electron chi connectivity index (χ4n) is 4.33. The summed E-state index contributed by atoms with van der Waals surface area (Å²) in [5.74, 6) is -0.426. The zero-order valence-electron chi connectivity index (χ0n) is 12.7. The van der Waals surface area contributed by atoms with Gasteiger partial charge >= 0.3 is 6.09 Å². The Bertz CT molecular complexity index is 721. The van der Waals surface area contributed by atoms with Crippen LogP contribution in [0.4, 0.5) is 9.18 Å². The molecule has 3 aliphatic carbocycles. The fraction of sp³-hybridized carbons (Fsp3) is 0.500. The van der Waals surface area contributed by atoms with Gasteiger partial charge in [0, 0.05) is 24.6 Å². The molecular weight excluding hydrogens is 339 g/mol. The molecule has 1 aromatic rings. The Kier molecular flexibility index (Phi) is 3.22. The predicted molar refractivity (Wildman–Crippen MR) is 82.6 cm³/mol. The molecule has 4 fully saturated rings. The standard InChI is InChI=1S/C16H16ClFN2O4/c17-10-2-1-9(5-11(10)18)24-12-3-4-20(13(12)21)16-6-15(7-16,8-16)19-14(22)23/h1-2,5,12,19H,3-4,6-8H2,(H,22,23). The zero-order valence-corrected chi connectivity index (χ0v) is 13.5. The molecular formula is C16H16ClFN2O4. The van der Waals surface area contributed by atoms with Crippen LogP contribution < -0.4 is 10.1 Å². The van der Waals surface area contributed by atoms with Gasteiger partial charge in [-0.15, -0.1) is 0 Å². The van der Waals surface area contributed by atoms with E-state index in [4.69, 9.17) is 21.4 Å². The summed E-state index contributed by atoms with van der Waals surface area (Å²) in [6.45, 7) is 0.572. The quantitative estimate of drug-likeness (QED) is 0.870. The smallest absolute Gasteiger partial charge is 0.405 e. The van der Waals surface area contributed by atoms with Crippen LogP contribution in [0.3, 0.4) is 0 Å². The van der Waals surface area contributed by atoms with Gasteiger partial charge in [-0.2, -0.15) is 0 Å². The summed E-state index contributed by atoms with van der Waals surface area (Å²) in [5, 5.41) is 11.4. The molecule has 1 atom stereocenters. The van der Waals surface area contributed by atoms with Gasteiger partial charge in [-0.25, -0.2) is 9.18 Å². The fourth-order valence-corrected chi connectivity index (χ4v) is 4.45. The first-order valence-corrected chi connectivity index (χ1v) is 8.15. The Balaban J connectivity index is 1.39. The lowest BCUT2D eigenvalue weighted by Crippen LogP contribution is -2.83.